The van der Waals surface area contributed by atoms with Crippen molar-refractivity contribution in [3.05, 3.63) is 65.2 Å². The lowest BCUT2D eigenvalue weighted by Gasteiger charge is -2.33. The number of carbonyl (C=O) groups is 2. The Morgan fingerprint density at radius 1 is 0.971 bits per heavy atom. The van der Waals surface area contributed by atoms with Gasteiger partial charge in [-0.3, -0.25) is 13.9 Å². The van der Waals surface area contributed by atoms with Crippen molar-refractivity contribution >= 4 is 27.5 Å². The molecule has 7 nitrogen and oxygen atoms in total. The number of hydrogen-bond donors (Lipinski definition) is 1. The van der Waals surface area contributed by atoms with Crippen LogP contribution in [-0.4, -0.2) is 50.5 Å². The van der Waals surface area contributed by atoms with Crippen molar-refractivity contribution in [2.45, 2.75) is 66.0 Å². The molecule has 0 saturated heterocycles. The summed E-state index contributed by atoms with van der Waals surface area (Å²) in [6.07, 6.45) is 3.94. The zero-order valence-electron chi connectivity index (χ0n) is 21.6. The standard InChI is InChI=1S/C27H39N3O4S/c1-6-9-18-28-27(32)24(8-3)29(19-23-16-11-10-14-21(23)4)26(31)20-30(35(5,33)34)25-17-13-12-15-22(25)7-2/h10-17,24H,6-9,18-20H2,1-5H3,(H,28,32). The summed E-state index contributed by atoms with van der Waals surface area (Å²) in [6.45, 7) is 8.20. The highest BCUT2D eigenvalue weighted by molar-refractivity contribution is 7.92. The minimum atomic E-state index is -3.75. The van der Waals surface area contributed by atoms with E-state index in [1.54, 1.807) is 12.1 Å². The van der Waals surface area contributed by atoms with Crippen LogP contribution in [0.4, 0.5) is 5.69 Å². The lowest BCUT2D eigenvalue weighted by molar-refractivity contribution is -0.140. The van der Waals surface area contributed by atoms with Gasteiger partial charge in [-0.05, 0) is 48.9 Å². The van der Waals surface area contributed by atoms with E-state index in [1.807, 2.05) is 64.1 Å². The highest BCUT2D eigenvalue weighted by Gasteiger charge is 2.32. The van der Waals surface area contributed by atoms with Crippen LogP contribution in [0.5, 0.6) is 0 Å². The van der Waals surface area contributed by atoms with Gasteiger partial charge in [0.05, 0.1) is 11.9 Å². The van der Waals surface area contributed by atoms with E-state index in [9.17, 15) is 18.0 Å². The van der Waals surface area contributed by atoms with Gasteiger partial charge in [-0.1, -0.05) is 69.7 Å². The van der Waals surface area contributed by atoms with E-state index in [0.717, 1.165) is 40.1 Å². The highest BCUT2D eigenvalue weighted by Crippen LogP contribution is 2.24. The van der Waals surface area contributed by atoms with E-state index < -0.39 is 22.0 Å². The Hall–Kier alpha value is -2.87. The number of nitrogens with zero attached hydrogens (tertiary/aromatic N) is 2. The van der Waals surface area contributed by atoms with Gasteiger partial charge in [-0.15, -0.1) is 0 Å². The van der Waals surface area contributed by atoms with Crippen LogP contribution in [-0.2, 0) is 32.6 Å². The molecule has 2 aromatic carbocycles. The second kappa shape index (κ2) is 13.3. The van der Waals surface area contributed by atoms with Crippen molar-refractivity contribution in [2.75, 3.05) is 23.7 Å². The van der Waals surface area contributed by atoms with E-state index in [0.29, 0.717) is 25.1 Å². The van der Waals surface area contributed by atoms with Gasteiger partial charge in [0, 0.05) is 13.1 Å². The number of benzene rings is 2. The molecule has 1 atom stereocenters. The number of sulfonamides is 1. The summed E-state index contributed by atoms with van der Waals surface area (Å²) in [6, 6.07) is 14.2. The molecule has 0 radical (unpaired) electrons. The van der Waals surface area contributed by atoms with E-state index in [2.05, 4.69) is 5.32 Å². The van der Waals surface area contributed by atoms with Crippen molar-refractivity contribution in [3.8, 4) is 0 Å². The van der Waals surface area contributed by atoms with Crippen LogP contribution < -0.4 is 9.62 Å². The Bertz CT molecular complexity index is 1100. The van der Waals surface area contributed by atoms with Crippen LogP contribution in [0, 0.1) is 6.92 Å². The summed E-state index contributed by atoms with van der Waals surface area (Å²) in [4.78, 5) is 28.4. The fraction of sp³-hybridized carbons (Fsp3) is 0.481. The first-order chi connectivity index (χ1) is 16.6. The number of aryl methyl sites for hydroxylation is 2. The van der Waals surface area contributed by atoms with Crippen LogP contribution in [0.2, 0.25) is 0 Å². The molecule has 0 saturated carbocycles. The average Bonchev–Trinajstić information content (AvgIpc) is 2.82. The second-order valence-corrected chi connectivity index (χ2v) is 10.7. The molecule has 2 rings (SSSR count). The number of rotatable bonds is 13. The van der Waals surface area contributed by atoms with Gasteiger partial charge in [0.15, 0.2) is 0 Å². The molecular weight excluding hydrogens is 462 g/mol. The Labute approximate surface area is 210 Å². The summed E-state index contributed by atoms with van der Waals surface area (Å²) in [5.74, 6) is -0.634. The van der Waals surface area contributed by atoms with E-state index in [1.165, 1.54) is 4.90 Å². The maximum Gasteiger partial charge on any atom is 0.244 e. The number of carbonyl (C=O) groups excluding carboxylic acids is 2. The predicted molar refractivity (Wildman–Crippen MR) is 142 cm³/mol. The van der Waals surface area contributed by atoms with E-state index >= 15 is 0 Å². The summed E-state index contributed by atoms with van der Waals surface area (Å²) < 4.78 is 26.7. The first-order valence-electron chi connectivity index (χ1n) is 12.3. The molecule has 1 N–H and O–H groups in total. The lowest BCUT2D eigenvalue weighted by atomic mass is 10.1. The second-order valence-electron chi connectivity index (χ2n) is 8.77. The fourth-order valence-corrected chi connectivity index (χ4v) is 4.92. The molecular formula is C27H39N3O4S. The van der Waals surface area contributed by atoms with Crippen molar-refractivity contribution in [3.63, 3.8) is 0 Å². The Morgan fingerprint density at radius 3 is 2.17 bits per heavy atom. The monoisotopic (exact) mass is 501 g/mol. The van der Waals surface area contributed by atoms with Crippen LogP contribution >= 0.6 is 0 Å². The molecule has 2 amide bonds. The zero-order valence-corrected chi connectivity index (χ0v) is 22.4. The summed E-state index contributed by atoms with van der Waals surface area (Å²) in [5, 5.41) is 2.94. The maximum atomic E-state index is 13.8. The molecule has 35 heavy (non-hydrogen) atoms. The third-order valence-electron chi connectivity index (χ3n) is 6.14. The SMILES string of the molecule is CCCCNC(=O)C(CC)N(Cc1ccccc1C)C(=O)CN(c1ccccc1CC)S(C)(=O)=O. The maximum absolute atomic E-state index is 13.8. The molecule has 0 aliphatic rings. The van der Waals surface area contributed by atoms with Crippen LogP contribution in [0.15, 0.2) is 48.5 Å². The predicted octanol–water partition coefficient (Wildman–Crippen LogP) is 4.05. The van der Waals surface area contributed by atoms with Gasteiger partial charge < -0.3 is 10.2 Å². The first kappa shape index (κ1) is 28.4. The van der Waals surface area contributed by atoms with Gasteiger partial charge in [0.25, 0.3) is 0 Å². The van der Waals surface area contributed by atoms with Crippen LogP contribution in [0.25, 0.3) is 0 Å². The van der Waals surface area contributed by atoms with Gasteiger partial charge in [-0.2, -0.15) is 0 Å². The van der Waals surface area contributed by atoms with E-state index in [-0.39, 0.29) is 19.0 Å². The third kappa shape index (κ3) is 7.82. The molecule has 8 heteroatoms. The molecule has 0 bridgehead atoms. The number of para-hydroxylation sites is 1. The normalized spacial score (nSPS) is 12.1. The Morgan fingerprint density at radius 2 is 1.60 bits per heavy atom. The van der Waals surface area contributed by atoms with Crippen molar-refractivity contribution in [2.24, 2.45) is 0 Å². The summed E-state index contributed by atoms with van der Waals surface area (Å²) in [7, 11) is -3.75. The molecule has 192 valence electrons. The lowest BCUT2D eigenvalue weighted by Crippen LogP contribution is -2.52. The topological polar surface area (TPSA) is 86.8 Å². The van der Waals surface area contributed by atoms with Crippen LogP contribution in [0.1, 0.15) is 56.7 Å². The Kier molecular flexibility index (Phi) is 10.8. The number of nitrogens with one attached hydrogen (secondary N) is 1. The first-order valence-corrected chi connectivity index (χ1v) is 14.2. The smallest absolute Gasteiger partial charge is 0.244 e. The summed E-state index contributed by atoms with van der Waals surface area (Å²) >= 11 is 0. The van der Waals surface area contributed by atoms with Gasteiger partial charge in [0.2, 0.25) is 21.8 Å². The number of amides is 2. The molecule has 0 heterocycles. The number of hydrogen-bond acceptors (Lipinski definition) is 4. The minimum absolute atomic E-state index is 0.220. The largest absolute Gasteiger partial charge is 0.354 e. The highest BCUT2D eigenvalue weighted by atomic mass is 32.2. The number of anilines is 1. The van der Waals surface area contributed by atoms with Gasteiger partial charge >= 0.3 is 0 Å². The van der Waals surface area contributed by atoms with Crippen molar-refractivity contribution < 1.29 is 18.0 Å². The molecule has 1 unspecified atom stereocenters. The third-order valence-corrected chi connectivity index (χ3v) is 7.26. The molecule has 2 aromatic rings. The summed E-state index contributed by atoms with van der Waals surface area (Å²) in [5.41, 5.74) is 3.24. The molecule has 0 fully saturated rings. The van der Waals surface area contributed by atoms with E-state index in [4.69, 9.17) is 0 Å². The van der Waals surface area contributed by atoms with Crippen LogP contribution in [0.3, 0.4) is 0 Å². The number of unbranched alkanes of at least 4 members (excludes halogenated alkanes) is 1. The van der Waals surface area contributed by atoms with Crippen molar-refractivity contribution in [1.82, 2.24) is 10.2 Å². The zero-order chi connectivity index (χ0) is 26.0. The minimum Gasteiger partial charge on any atom is -0.354 e. The molecule has 0 aliphatic heterocycles. The van der Waals surface area contributed by atoms with Gasteiger partial charge in [0.1, 0.15) is 12.6 Å². The fourth-order valence-electron chi connectivity index (χ4n) is 4.04. The quantitative estimate of drug-likeness (QED) is 0.420. The average molecular weight is 502 g/mol. The molecule has 0 aliphatic carbocycles. The molecule has 0 spiro atoms. The van der Waals surface area contributed by atoms with Gasteiger partial charge in [-0.25, -0.2) is 8.42 Å². The molecule has 0 aromatic heterocycles. The Balaban J connectivity index is 2.45. The van der Waals surface area contributed by atoms with Crippen molar-refractivity contribution in [1.29, 1.82) is 0 Å².